The third-order valence-corrected chi connectivity index (χ3v) is 3.89. The highest BCUT2D eigenvalue weighted by molar-refractivity contribution is 9.09. The van der Waals surface area contributed by atoms with Gasteiger partial charge in [0, 0.05) is 30.7 Å². The minimum Gasteiger partial charge on any atom is -0.337 e. The Balaban J connectivity index is 2.27. The number of alkyl halides is 1. The summed E-state index contributed by atoms with van der Waals surface area (Å²) in [5.41, 5.74) is 2.53. The van der Waals surface area contributed by atoms with Crippen molar-refractivity contribution in [2.75, 3.05) is 13.1 Å². The zero-order chi connectivity index (χ0) is 11.9. The van der Waals surface area contributed by atoms with Crippen molar-refractivity contribution in [1.29, 1.82) is 0 Å². The summed E-state index contributed by atoms with van der Waals surface area (Å²) >= 11 is 3.55. The molecule has 88 valence electrons. The molecule has 2 heterocycles. The fourth-order valence-electron chi connectivity index (χ4n) is 2.14. The Bertz CT molecular complexity index is 427. The second kappa shape index (κ2) is 4.20. The molecule has 1 atom stereocenters. The molecule has 1 unspecified atom stereocenters. The van der Waals surface area contributed by atoms with Gasteiger partial charge in [-0.25, -0.2) is 0 Å². The molecule has 1 aromatic rings. The van der Waals surface area contributed by atoms with Crippen molar-refractivity contribution >= 4 is 21.8 Å². The number of likely N-dealkylation sites (tertiary alicyclic amines) is 1. The SMILES string of the molecule is Cc1nn(C)c(C)c1C(=O)N1CCC(Br)C1. The van der Waals surface area contributed by atoms with E-state index in [0.29, 0.717) is 4.83 Å². The first kappa shape index (κ1) is 11.6. The van der Waals surface area contributed by atoms with Gasteiger partial charge in [0.05, 0.1) is 11.3 Å². The van der Waals surface area contributed by atoms with Crippen LogP contribution in [0, 0.1) is 13.8 Å². The molecule has 1 fully saturated rings. The minimum absolute atomic E-state index is 0.116. The summed E-state index contributed by atoms with van der Waals surface area (Å²) in [6, 6.07) is 0. The number of nitrogens with zero attached hydrogens (tertiary/aromatic N) is 3. The van der Waals surface area contributed by atoms with E-state index in [1.165, 1.54) is 0 Å². The van der Waals surface area contributed by atoms with Crippen LogP contribution in [-0.4, -0.2) is 38.5 Å². The third kappa shape index (κ3) is 1.88. The summed E-state index contributed by atoms with van der Waals surface area (Å²) in [4.78, 5) is 14.6. The van der Waals surface area contributed by atoms with Gasteiger partial charge in [0.25, 0.3) is 5.91 Å². The largest absolute Gasteiger partial charge is 0.337 e. The van der Waals surface area contributed by atoms with E-state index < -0.39 is 0 Å². The number of carbonyl (C=O) groups excluding carboxylic acids is 1. The first-order valence-corrected chi connectivity index (χ1v) is 6.36. The Morgan fingerprint density at radius 1 is 1.50 bits per heavy atom. The predicted molar refractivity (Wildman–Crippen MR) is 65.9 cm³/mol. The van der Waals surface area contributed by atoms with Crippen LogP contribution in [0.2, 0.25) is 0 Å². The lowest BCUT2D eigenvalue weighted by atomic mass is 10.2. The second-order valence-electron chi connectivity index (χ2n) is 4.31. The van der Waals surface area contributed by atoms with Crippen molar-refractivity contribution in [3.8, 4) is 0 Å². The van der Waals surface area contributed by atoms with Gasteiger partial charge in [-0.3, -0.25) is 9.48 Å². The van der Waals surface area contributed by atoms with Gasteiger partial charge in [-0.1, -0.05) is 15.9 Å². The van der Waals surface area contributed by atoms with Crippen molar-refractivity contribution in [2.45, 2.75) is 25.1 Å². The Labute approximate surface area is 104 Å². The molecule has 1 amide bonds. The number of hydrogen-bond donors (Lipinski definition) is 0. The van der Waals surface area contributed by atoms with E-state index >= 15 is 0 Å². The normalized spacial score (nSPS) is 20.5. The van der Waals surface area contributed by atoms with Gasteiger partial charge in [0.1, 0.15) is 0 Å². The van der Waals surface area contributed by atoms with E-state index in [1.54, 1.807) is 4.68 Å². The monoisotopic (exact) mass is 285 g/mol. The summed E-state index contributed by atoms with van der Waals surface area (Å²) in [6.45, 7) is 5.46. The van der Waals surface area contributed by atoms with Crippen LogP contribution < -0.4 is 0 Å². The average molecular weight is 286 g/mol. The molecule has 0 saturated carbocycles. The Hall–Kier alpha value is -0.840. The maximum atomic E-state index is 12.3. The van der Waals surface area contributed by atoms with Crippen molar-refractivity contribution in [2.24, 2.45) is 7.05 Å². The highest BCUT2D eigenvalue weighted by Crippen LogP contribution is 2.21. The first-order valence-electron chi connectivity index (χ1n) is 5.44. The molecule has 5 heteroatoms. The molecule has 1 saturated heterocycles. The summed E-state index contributed by atoms with van der Waals surface area (Å²) in [5, 5.41) is 4.28. The molecule has 0 aliphatic carbocycles. The lowest BCUT2D eigenvalue weighted by molar-refractivity contribution is 0.0792. The fraction of sp³-hybridized carbons (Fsp3) is 0.636. The van der Waals surface area contributed by atoms with Gasteiger partial charge >= 0.3 is 0 Å². The molecular weight excluding hydrogens is 270 g/mol. The molecule has 0 aromatic carbocycles. The van der Waals surface area contributed by atoms with Gasteiger partial charge in [-0.15, -0.1) is 0 Å². The number of halogens is 1. The summed E-state index contributed by atoms with van der Waals surface area (Å²) in [6.07, 6.45) is 1.03. The molecule has 1 aromatic heterocycles. The van der Waals surface area contributed by atoms with Gasteiger partial charge in [0.15, 0.2) is 0 Å². The van der Waals surface area contributed by atoms with Crippen molar-refractivity contribution in [1.82, 2.24) is 14.7 Å². The van der Waals surface area contributed by atoms with Crippen LogP contribution in [-0.2, 0) is 7.05 Å². The van der Waals surface area contributed by atoms with E-state index in [0.717, 1.165) is 36.5 Å². The molecule has 4 nitrogen and oxygen atoms in total. The van der Waals surface area contributed by atoms with E-state index in [-0.39, 0.29) is 5.91 Å². The van der Waals surface area contributed by atoms with Crippen LogP contribution >= 0.6 is 15.9 Å². The Morgan fingerprint density at radius 3 is 2.62 bits per heavy atom. The quantitative estimate of drug-likeness (QED) is 0.736. The summed E-state index contributed by atoms with van der Waals surface area (Å²) in [7, 11) is 1.87. The minimum atomic E-state index is 0.116. The van der Waals surface area contributed by atoms with Gasteiger partial charge in [-0.05, 0) is 20.3 Å². The van der Waals surface area contributed by atoms with Crippen LogP contribution in [0.25, 0.3) is 0 Å². The standard InChI is InChI=1S/C11H16BrN3O/c1-7-10(8(2)14(3)13-7)11(16)15-5-4-9(12)6-15/h9H,4-6H2,1-3H3. The van der Waals surface area contributed by atoms with E-state index in [9.17, 15) is 4.79 Å². The zero-order valence-electron chi connectivity index (χ0n) is 9.83. The first-order chi connectivity index (χ1) is 7.50. The topological polar surface area (TPSA) is 38.1 Å². The Kier molecular flexibility index (Phi) is 3.06. The molecule has 16 heavy (non-hydrogen) atoms. The van der Waals surface area contributed by atoms with Crippen LogP contribution in [0.5, 0.6) is 0 Å². The number of hydrogen-bond acceptors (Lipinski definition) is 2. The molecule has 0 radical (unpaired) electrons. The van der Waals surface area contributed by atoms with Crippen molar-refractivity contribution < 1.29 is 4.79 Å². The molecule has 1 aliphatic heterocycles. The molecule has 0 spiro atoms. The van der Waals surface area contributed by atoms with Crippen molar-refractivity contribution in [3.63, 3.8) is 0 Å². The maximum absolute atomic E-state index is 12.3. The summed E-state index contributed by atoms with van der Waals surface area (Å²) in [5.74, 6) is 0.116. The number of amides is 1. The number of carbonyl (C=O) groups is 1. The molecular formula is C11H16BrN3O. The van der Waals surface area contributed by atoms with E-state index in [2.05, 4.69) is 21.0 Å². The second-order valence-corrected chi connectivity index (χ2v) is 5.60. The third-order valence-electron chi connectivity index (χ3n) is 3.14. The van der Waals surface area contributed by atoms with E-state index in [4.69, 9.17) is 0 Å². The molecule has 0 bridgehead atoms. The summed E-state index contributed by atoms with van der Waals surface area (Å²) < 4.78 is 1.77. The van der Waals surface area contributed by atoms with Crippen LogP contribution in [0.15, 0.2) is 0 Å². The number of aromatic nitrogens is 2. The smallest absolute Gasteiger partial charge is 0.257 e. The van der Waals surface area contributed by atoms with E-state index in [1.807, 2.05) is 25.8 Å². The molecule has 2 rings (SSSR count). The lowest BCUT2D eigenvalue weighted by Crippen LogP contribution is -2.29. The average Bonchev–Trinajstić information content (AvgIpc) is 2.73. The van der Waals surface area contributed by atoms with Crippen LogP contribution in [0.3, 0.4) is 0 Å². The van der Waals surface area contributed by atoms with Crippen LogP contribution in [0.1, 0.15) is 28.2 Å². The fourth-order valence-corrected chi connectivity index (χ4v) is 2.70. The molecule has 0 N–H and O–H groups in total. The molecule has 1 aliphatic rings. The number of rotatable bonds is 1. The maximum Gasteiger partial charge on any atom is 0.257 e. The predicted octanol–water partition coefficient (Wildman–Crippen LogP) is 1.65. The van der Waals surface area contributed by atoms with Crippen LogP contribution in [0.4, 0.5) is 0 Å². The van der Waals surface area contributed by atoms with Crippen molar-refractivity contribution in [3.05, 3.63) is 17.0 Å². The Morgan fingerprint density at radius 2 is 2.19 bits per heavy atom. The zero-order valence-corrected chi connectivity index (χ0v) is 11.4. The van der Waals surface area contributed by atoms with Gasteiger partial charge in [0.2, 0.25) is 0 Å². The lowest BCUT2D eigenvalue weighted by Gasteiger charge is -2.15. The highest BCUT2D eigenvalue weighted by Gasteiger charge is 2.28. The van der Waals surface area contributed by atoms with Gasteiger partial charge in [-0.2, -0.15) is 5.10 Å². The highest BCUT2D eigenvalue weighted by atomic mass is 79.9. The number of aryl methyl sites for hydroxylation is 2. The van der Waals surface area contributed by atoms with Gasteiger partial charge < -0.3 is 4.90 Å².